The lowest BCUT2D eigenvalue weighted by Gasteiger charge is -2.34. The molecule has 2 saturated carbocycles. The second-order valence-corrected chi connectivity index (χ2v) is 6.75. The number of hydrogen-bond donors (Lipinski definition) is 2. The van der Waals surface area contributed by atoms with E-state index < -0.39 is 11.2 Å². The average Bonchev–Trinajstić information content (AvgIpc) is 2.43. The zero-order chi connectivity index (χ0) is 13.7. The first-order valence-electron chi connectivity index (χ1n) is 6.79. The summed E-state index contributed by atoms with van der Waals surface area (Å²) >= 11 is 0. The molecule has 0 saturated heterocycles. The van der Waals surface area contributed by atoms with Gasteiger partial charge in [-0.25, -0.2) is 0 Å². The van der Waals surface area contributed by atoms with Crippen molar-refractivity contribution in [2.75, 3.05) is 0 Å². The van der Waals surface area contributed by atoms with Crippen LogP contribution in [-0.2, 0) is 4.79 Å². The molecule has 102 valence electrons. The molecule has 18 heavy (non-hydrogen) atoms. The van der Waals surface area contributed by atoms with E-state index in [9.17, 15) is 15.0 Å². The van der Waals surface area contributed by atoms with Gasteiger partial charge >= 0.3 is 0 Å². The highest BCUT2D eigenvalue weighted by molar-refractivity contribution is 5.97. The van der Waals surface area contributed by atoms with E-state index in [2.05, 4.69) is 0 Å². The summed E-state index contributed by atoms with van der Waals surface area (Å²) < 4.78 is 0. The van der Waals surface area contributed by atoms with Crippen LogP contribution in [0.25, 0.3) is 0 Å². The molecule has 0 amide bonds. The van der Waals surface area contributed by atoms with Crippen molar-refractivity contribution < 1.29 is 15.0 Å². The minimum Gasteiger partial charge on any atom is -0.390 e. The molecule has 0 aromatic rings. The Kier molecular flexibility index (Phi) is 3.19. The Balaban J connectivity index is 2.45. The Morgan fingerprint density at radius 1 is 1.17 bits per heavy atom. The minimum absolute atomic E-state index is 0.0103. The predicted molar refractivity (Wildman–Crippen MR) is 70.1 cm³/mol. The Labute approximate surface area is 109 Å². The van der Waals surface area contributed by atoms with Gasteiger partial charge in [0.2, 0.25) is 0 Å². The topological polar surface area (TPSA) is 57.5 Å². The van der Waals surface area contributed by atoms with E-state index in [-0.39, 0.29) is 24.0 Å². The van der Waals surface area contributed by atoms with E-state index in [0.717, 1.165) is 17.6 Å². The third kappa shape index (κ3) is 2.14. The number of carbonyl (C=O) groups is 1. The summed E-state index contributed by atoms with van der Waals surface area (Å²) in [6.07, 6.45) is 2.30. The van der Waals surface area contributed by atoms with Crippen molar-refractivity contribution in [2.45, 2.75) is 64.6 Å². The molecule has 0 heterocycles. The van der Waals surface area contributed by atoms with Gasteiger partial charge in [-0.3, -0.25) is 4.79 Å². The lowest BCUT2D eigenvalue weighted by molar-refractivity contribution is -0.121. The maximum Gasteiger partial charge on any atom is 0.161 e. The van der Waals surface area contributed by atoms with E-state index in [1.165, 1.54) is 0 Å². The quantitative estimate of drug-likeness (QED) is 0.650. The molecule has 4 atom stereocenters. The first kappa shape index (κ1) is 13.8. The summed E-state index contributed by atoms with van der Waals surface area (Å²) in [5.41, 5.74) is 0.0727. The Morgan fingerprint density at radius 3 is 2.33 bits per heavy atom. The number of hydrogen-bond acceptors (Lipinski definition) is 3. The highest BCUT2D eigenvalue weighted by atomic mass is 16.3. The normalized spacial score (nSPS) is 44.8. The van der Waals surface area contributed by atoms with E-state index in [1.807, 2.05) is 20.8 Å². The lowest BCUT2D eigenvalue weighted by Crippen LogP contribution is -2.41. The number of ketones is 1. The number of aliphatic hydroxyl groups is 2. The highest BCUT2D eigenvalue weighted by Crippen LogP contribution is 2.51. The summed E-state index contributed by atoms with van der Waals surface area (Å²) in [7, 11) is 0. The highest BCUT2D eigenvalue weighted by Gasteiger charge is 2.53. The largest absolute Gasteiger partial charge is 0.390 e. The molecule has 2 fully saturated rings. The van der Waals surface area contributed by atoms with Crippen LogP contribution in [0.4, 0.5) is 0 Å². The minimum atomic E-state index is -0.987. The summed E-state index contributed by atoms with van der Waals surface area (Å²) in [6, 6.07) is 0. The van der Waals surface area contributed by atoms with Crippen LogP contribution in [0.15, 0.2) is 11.1 Å². The standard InChI is InChI=1S/C15H24O3/c1-9(2)10-7-12-11(5-6-14(12,3)17)15(4,18)8-13(10)16/h11-12,17-18H,5-8H2,1-4H3/t11-,12-,14-,15+/m1/s1. The monoisotopic (exact) mass is 252 g/mol. The van der Waals surface area contributed by atoms with Gasteiger partial charge in [0.25, 0.3) is 0 Å². The molecule has 2 rings (SSSR count). The molecule has 2 N–H and O–H groups in total. The number of Topliss-reactive ketones (excluding diaryl/α,β-unsaturated/α-hetero) is 1. The van der Waals surface area contributed by atoms with Crippen LogP contribution in [0.1, 0.15) is 53.4 Å². The molecule has 3 nitrogen and oxygen atoms in total. The molecule has 3 heteroatoms. The van der Waals surface area contributed by atoms with Crippen LogP contribution >= 0.6 is 0 Å². The Hall–Kier alpha value is -0.670. The van der Waals surface area contributed by atoms with E-state index >= 15 is 0 Å². The maximum atomic E-state index is 12.2. The predicted octanol–water partition coefficient (Wildman–Crippen LogP) is 2.21. The zero-order valence-corrected chi connectivity index (χ0v) is 11.8. The second kappa shape index (κ2) is 4.17. The van der Waals surface area contributed by atoms with Crippen LogP contribution < -0.4 is 0 Å². The van der Waals surface area contributed by atoms with Crippen molar-refractivity contribution in [1.82, 2.24) is 0 Å². The van der Waals surface area contributed by atoms with Gasteiger partial charge in [0, 0.05) is 6.42 Å². The van der Waals surface area contributed by atoms with Crippen molar-refractivity contribution in [3.05, 3.63) is 11.1 Å². The lowest BCUT2D eigenvalue weighted by atomic mass is 9.76. The third-order valence-corrected chi connectivity index (χ3v) is 4.93. The molecular formula is C15H24O3. The molecule has 0 aliphatic heterocycles. The van der Waals surface area contributed by atoms with Crippen molar-refractivity contribution in [1.29, 1.82) is 0 Å². The van der Waals surface area contributed by atoms with Crippen molar-refractivity contribution in [3.63, 3.8) is 0 Å². The van der Waals surface area contributed by atoms with Gasteiger partial charge < -0.3 is 10.2 Å². The van der Waals surface area contributed by atoms with Crippen molar-refractivity contribution in [3.8, 4) is 0 Å². The number of carbonyl (C=O) groups excluding carboxylic acids is 1. The average molecular weight is 252 g/mol. The fourth-order valence-corrected chi connectivity index (χ4v) is 3.75. The number of rotatable bonds is 0. The van der Waals surface area contributed by atoms with Crippen LogP contribution in [0.5, 0.6) is 0 Å². The molecule has 2 aliphatic carbocycles. The van der Waals surface area contributed by atoms with E-state index in [4.69, 9.17) is 0 Å². The Morgan fingerprint density at radius 2 is 1.78 bits per heavy atom. The summed E-state index contributed by atoms with van der Waals surface area (Å²) in [4.78, 5) is 12.2. The van der Waals surface area contributed by atoms with E-state index in [1.54, 1.807) is 6.92 Å². The molecule has 0 spiro atoms. The molecule has 2 aliphatic rings. The van der Waals surface area contributed by atoms with Gasteiger partial charge in [0.1, 0.15) is 0 Å². The summed E-state index contributed by atoms with van der Waals surface area (Å²) in [6.45, 7) is 7.46. The van der Waals surface area contributed by atoms with Crippen molar-refractivity contribution >= 4 is 5.78 Å². The summed E-state index contributed by atoms with van der Waals surface area (Å²) in [5, 5.41) is 21.1. The van der Waals surface area contributed by atoms with E-state index in [0.29, 0.717) is 12.8 Å². The second-order valence-electron chi connectivity index (χ2n) is 6.75. The van der Waals surface area contributed by atoms with Crippen molar-refractivity contribution in [2.24, 2.45) is 11.8 Å². The Bertz CT molecular complexity index is 400. The summed E-state index contributed by atoms with van der Waals surface area (Å²) in [5.74, 6) is 0.0577. The zero-order valence-electron chi connectivity index (χ0n) is 11.8. The van der Waals surface area contributed by atoms with Crippen LogP contribution in [0.3, 0.4) is 0 Å². The molecule has 0 radical (unpaired) electrons. The molecule has 0 aromatic carbocycles. The molecule has 0 aromatic heterocycles. The molecular weight excluding hydrogens is 228 g/mol. The fraction of sp³-hybridized carbons (Fsp3) is 0.800. The smallest absolute Gasteiger partial charge is 0.161 e. The first-order chi connectivity index (χ1) is 8.15. The number of fused-ring (bicyclic) bond motifs is 1. The fourth-order valence-electron chi connectivity index (χ4n) is 3.75. The van der Waals surface area contributed by atoms with Crippen LogP contribution in [0, 0.1) is 11.8 Å². The first-order valence-corrected chi connectivity index (χ1v) is 6.79. The maximum absolute atomic E-state index is 12.2. The third-order valence-electron chi connectivity index (χ3n) is 4.93. The molecule has 0 unspecified atom stereocenters. The molecule has 0 bridgehead atoms. The van der Waals surface area contributed by atoms with Gasteiger partial charge in [0.05, 0.1) is 11.2 Å². The van der Waals surface area contributed by atoms with Gasteiger partial charge in [-0.1, -0.05) is 5.57 Å². The van der Waals surface area contributed by atoms with Gasteiger partial charge in [0.15, 0.2) is 5.78 Å². The van der Waals surface area contributed by atoms with Crippen LogP contribution in [0.2, 0.25) is 0 Å². The SMILES string of the molecule is CC(C)=C1C[C@@H]2[C@@H](CC[C@@]2(C)O)[C@@](C)(O)CC1=O. The van der Waals surface area contributed by atoms with Gasteiger partial charge in [-0.2, -0.15) is 0 Å². The van der Waals surface area contributed by atoms with Gasteiger partial charge in [-0.15, -0.1) is 0 Å². The van der Waals surface area contributed by atoms with Gasteiger partial charge in [-0.05, 0) is 64.4 Å². The number of allylic oxidation sites excluding steroid dienone is 2. The van der Waals surface area contributed by atoms with Crippen LogP contribution in [-0.4, -0.2) is 27.2 Å².